The van der Waals surface area contributed by atoms with E-state index < -0.39 is 0 Å². The molecule has 2 N–H and O–H groups in total. The number of aromatic nitrogens is 2. The summed E-state index contributed by atoms with van der Waals surface area (Å²) >= 11 is 3.43. The molecule has 3 aromatic rings. The van der Waals surface area contributed by atoms with Crippen LogP contribution in [0.25, 0.3) is 11.1 Å². The Kier molecular flexibility index (Phi) is 4.30. The van der Waals surface area contributed by atoms with Gasteiger partial charge in [-0.1, -0.05) is 45.8 Å². The van der Waals surface area contributed by atoms with Gasteiger partial charge in [0.25, 0.3) is 5.91 Å². The van der Waals surface area contributed by atoms with Crippen molar-refractivity contribution in [2.75, 3.05) is 5.32 Å². The summed E-state index contributed by atoms with van der Waals surface area (Å²) in [6, 6.07) is 15.4. The predicted octanol–water partition coefficient (Wildman–Crippen LogP) is 4.71. The summed E-state index contributed by atoms with van der Waals surface area (Å²) in [6.07, 6.45) is 0. The van der Waals surface area contributed by atoms with E-state index >= 15 is 0 Å². The molecule has 0 bridgehead atoms. The van der Waals surface area contributed by atoms with Gasteiger partial charge in [0.05, 0.1) is 0 Å². The Hall–Kier alpha value is -2.40. The van der Waals surface area contributed by atoms with Crippen molar-refractivity contribution in [2.45, 2.75) is 13.8 Å². The van der Waals surface area contributed by atoms with E-state index in [0.717, 1.165) is 26.9 Å². The maximum absolute atomic E-state index is 12.4. The highest BCUT2D eigenvalue weighted by atomic mass is 79.9. The molecule has 0 aliphatic rings. The molecular weight excluding hydrogens is 354 g/mol. The number of rotatable bonds is 3. The Morgan fingerprint density at radius 2 is 1.87 bits per heavy atom. The number of hydrogen-bond acceptors (Lipinski definition) is 2. The quantitative estimate of drug-likeness (QED) is 0.702. The van der Waals surface area contributed by atoms with Crippen LogP contribution in [0.3, 0.4) is 0 Å². The second-order valence-electron chi connectivity index (χ2n) is 5.40. The molecule has 1 amide bonds. The van der Waals surface area contributed by atoms with Gasteiger partial charge in [-0.2, -0.15) is 5.10 Å². The zero-order valence-corrected chi connectivity index (χ0v) is 14.4. The van der Waals surface area contributed by atoms with Crippen LogP contribution in [0.15, 0.2) is 53.0 Å². The Labute approximate surface area is 143 Å². The summed E-state index contributed by atoms with van der Waals surface area (Å²) in [4.78, 5) is 12.4. The summed E-state index contributed by atoms with van der Waals surface area (Å²) in [7, 11) is 0. The maximum atomic E-state index is 12.4. The van der Waals surface area contributed by atoms with E-state index in [1.807, 2.05) is 56.3 Å². The molecule has 1 heterocycles. The molecule has 0 unspecified atom stereocenters. The Morgan fingerprint density at radius 3 is 2.57 bits per heavy atom. The van der Waals surface area contributed by atoms with Crippen molar-refractivity contribution in [2.24, 2.45) is 0 Å². The highest BCUT2D eigenvalue weighted by Crippen LogP contribution is 2.30. The van der Waals surface area contributed by atoms with Gasteiger partial charge in [0.1, 0.15) is 0 Å². The van der Waals surface area contributed by atoms with Crippen molar-refractivity contribution in [3.8, 4) is 11.1 Å². The molecule has 23 heavy (non-hydrogen) atoms. The van der Waals surface area contributed by atoms with Gasteiger partial charge in [-0.15, -0.1) is 0 Å². The number of amides is 1. The van der Waals surface area contributed by atoms with Crippen molar-refractivity contribution in [1.29, 1.82) is 0 Å². The standard InChI is InChI=1S/C18H16BrN3O/c1-11-4-3-5-14(10-11)18(23)20-17-16(12(2)21-22-17)13-6-8-15(19)9-7-13/h3-10H,1-2H3,(H2,20,21,22,23). The van der Waals surface area contributed by atoms with Crippen LogP contribution in [0.5, 0.6) is 0 Å². The number of anilines is 1. The van der Waals surface area contributed by atoms with E-state index in [1.54, 1.807) is 6.07 Å². The molecule has 0 saturated heterocycles. The normalized spacial score (nSPS) is 10.6. The van der Waals surface area contributed by atoms with E-state index in [1.165, 1.54) is 0 Å². The molecule has 4 nitrogen and oxygen atoms in total. The molecule has 116 valence electrons. The number of aryl methyl sites for hydroxylation is 2. The summed E-state index contributed by atoms with van der Waals surface area (Å²) < 4.78 is 1.01. The highest BCUT2D eigenvalue weighted by molar-refractivity contribution is 9.10. The van der Waals surface area contributed by atoms with Crippen LogP contribution in [-0.2, 0) is 0 Å². The van der Waals surface area contributed by atoms with Gasteiger partial charge in [-0.3, -0.25) is 9.89 Å². The van der Waals surface area contributed by atoms with Crippen LogP contribution in [0.1, 0.15) is 21.6 Å². The first-order valence-electron chi connectivity index (χ1n) is 7.23. The lowest BCUT2D eigenvalue weighted by Gasteiger charge is -2.07. The first-order chi connectivity index (χ1) is 11.0. The molecule has 0 saturated carbocycles. The van der Waals surface area contributed by atoms with E-state index in [4.69, 9.17) is 0 Å². The second-order valence-corrected chi connectivity index (χ2v) is 6.32. The molecule has 0 spiro atoms. The van der Waals surface area contributed by atoms with Gasteiger partial charge < -0.3 is 5.32 Å². The van der Waals surface area contributed by atoms with Crippen molar-refractivity contribution in [3.63, 3.8) is 0 Å². The first-order valence-corrected chi connectivity index (χ1v) is 8.03. The monoisotopic (exact) mass is 369 g/mol. The topological polar surface area (TPSA) is 57.8 Å². The second kappa shape index (κ2) is 6.38. The number of halogens is 1. The molecule has 0 aliphatic carbocycles. The fourth-order valence-electron chi connectivity index (χ4n) is 2.46. The average molecular weight is 370 g/mol. The summed E-state index contributed by atoms with van der Waals surface area (Å²) in [5.74, 6) is 0.370. The molecule has 5 heteroatoms. The number of benzene rings is 2. The Bertz CT molecular complexity index is 853. The average Bonchev–Trinajstić information content (AvgIpc) is 2.89. The van der Waals surface area contributed by atoms with Crippen LogP contribution in [0.2, 0.25) is 0 Å². The fourth-order valence-corrected chi connectivity index (χ4v) is 2.72. The van der Waals surface area contributed by atoms with E-state index in [2.05, 4.69) is 31.4 Å². The van der Waals surface area contributed by atoms with Crippen molar-refractivity contribution in [3.05, 3.63) is 69.8 Å². The van der Waals surface area contributed by atoms with Gasteiger partial charge in [-0.25, -0.2) is 0 Å². The summed E-state index contributed by atoms with van der Waals surface area (Å²) in [5, 5.41) is 10.1. The van der Waals surface area contributed by atoms with Crippen molar-refractivity contribution in [1.82, 2.24) is 10.2 Å². The largest absolute Gasteiger partial charge is 0.305 e. The number of nitrogens with one attached hydrogen (secondary N) is 2. The van der Waals surface area contributed by atoms with E-state index in [0.29, 0.717) is 11.4 Å². The molecule has 0 aliphatic heterocycles. The van der Waals surface area contributed by atoms with Crippen LogP contribution in [0, 0.1) is 13.8 Å². The highest BCUT2D eigenvalue weighted by Gasteiger charge is 2.15. The predicted molar refractivity (Wildman–Crippen MR) is 95.6 cm³/mol. The van der Waals surface area contributed by atoms with Crippen LogP contribution >= 0.6 is 15.9 Å². The number of carbonyl (C=O) groups excluding carboxylic acids is 1. The minimum Gasteiger partial charge on any atom is -0.305 e. The van der Waals surface area contributed by atoms with Gasteiger partial charge in [0.2, 0.25) is 0 Å². The minimum atomic E-state index is -0.168. The van der Waals surface area contributed by atoms with Crippen LogP contribution in [-0.4, -0.2) is 16.1 Å². The van der Waals surface area contributed by atoms with E-state index in [9.17, 15) is 4.79 Å². The van der Waals surface area contributed by atoms with E-state index in [-0.39, 0.29) is 5.91 Å². The van der Waals surface area contributed by atoms with Gasteiger partial charge in [0, 0.05) is 21.3 Å². The Morgan fingerprint density at radius 1 is 1.13 bits per heavy atom. The lowest BCUT2D eigenvalue weighted by molar-refractivity contribution is 0.102. The minimum absolute atomic E-state index is 0.168. The molecule has 2 aromatic carbocycles. The van der Waals surface area contributed by atoms with Crippen LogP contribution in [0.4, 0.5) is 5.82 Å². The third-order valence-electron chi connectivity index (χ3n) is 3.59. The summed E-state index contributed by atoms with van der Waals surface area (Å²) in [6.45, 7) is 3.90. The number of hydrogen-bond donors (Lipinski definition) is 2. The maximum Gasteiger partial charge on any atom is 0.256 e. The molecule has 0 fully saturated rings. The Balaban J connectivity index is 1.92. The SMILES string of the molecule is Cc1cccc(C(=O)Nc2n[nH]c(C)c2-c2ccc(Br)cc2)c1. The zero-order chi connectivity index (χ0) is 16.4. The van der Waals surface area contributed by atoms with Gasteiger partial charge in [-0.05, 0) is 43.7 Å². The number of carbonyl (C=O) groups is 1. The molecule has 1 aromatic heterocycles. The molecule has 0 radical (unpaired) electrons. The molecule has 0 atom stereocenters. The zero-order valence-electron chi connectivity index (χ0n) is 12.9. The fraction of sp³-hybridized carbons (Fsp3) is 0.111. The van der Waals surface area contributed by atoms with Gasteiger partial charge >= 0.3 is 0 Å². The number of H-pyrrole nitrogens is 1. The lowest BCUT2D eigenvalue weighted by Crippen LogP contribution is -2.13. The van der Waals surface area contributed by atoms with Gasteiger partial charge in [0.15, 0.2) is 5.82 Å². The lowest BCUT2D eigenvalue weighted by atomic mass is 10.1. The first kappa shape index (κ1) is 15.5. The number of nitrogens with zero attached hydrogens (tertiary/aromatic N) is 1. The molecular formula is C18H16BrN3O. The summed E-state index contributed by atoms with van der Waals surface area (Å²) in [5.41, 5.74) is 4.47. The van der Waals surface area contributed by atoms with Crippen molar-refractivity contribution < 1.29 is 4.79 Å². The van der Waals surface area contributed by atoms with Crippen molar-refractivity contribution >= 4 is 27.7 Å². The third kappa shape index (κ3) is 3.35. The van der Waals surface area contributed by atoms with Crippen LogP contribution < -0.4 is 5.32 Å². The number of aromatic amines is 1. The smallest absolute Gasteiger partial charge is 0.256 e. The molecule has 3 rings (SSSR count). The third-order valence-corrected chi connectivity index (χ3v) is 4.12.